The quantitative estimate of drug-likeness (QED) is 0.135. The van der Waals surface area contributed by atoms with Crippen LogP contribution < -0.4 is 16.0 Å². The number of ether oxygens (including phenoxy) is 1. The van der Waals surface area contributed by atoms with Gasteiger partial charge in [0.1, 0.15) is 12.4 Å². The van der Waals surface area contributed by atoms with E-state index in [-0.39, 0.29) is 40.5 Å². The average Bonchev–Trinajstić information content (AvgIpc) is 3.48. The maximum atomic E-state index is 14.6. The summed E-state index contributed by atoms with van der Waals surface area (Å²) in [5.74, 6) is -0.680. The SMILES string of the molecule is C=C(NC)OCCN1CCCCC1.CC/C=C(\CO)Nc1cc2c(cc1F)/C(=C/c1[nH]c(C)cc1C(F)(F)F)C(=O)N2. The Morgan fingerprint density at radius 1 is 1.21 bits per heavy atom. The first-order valence-corrected chi connectivity index (χ1v) is 13.9. The van der Waals surface area contributed by atoms with E-state index in [1.807, 2.05) is 14.0 Å². The molecule has 3 heterocycles. The summed E-state index contributed by atoms with van der Waals surface area (Å²) in [6.45, 7) is 10.9. The number of halogens is 4. The van der Waals surface area contributed by atoms with E-state index in [0.29, 0.717) is 18.0 Å². The maximum absolute atomic E-state index is 14.6. The van der Waals surface area contributed by atoms with E-state index in [2.05, 4.69) is 32.4 Å². The van der Waals surface area contributed by atoms with Crippen molar-refractivity contribution in [3.05, 3.63) is 70.8 Å². The van der Waals surface area contributed by atoms with Crippen LogP contribution in [0.25, 0.3) is 11.6 Å². The number of anilines is 2. The van der Waals surface area contributed by atoms with E-state index in [1.54, 1.807) is 6.08 Å². The van der Waals surface area contributed by atoms with Gasteiger partial charge in [-0.1, -0.05) is 19.4 Å². The topological polar surface area (TPSA) is 102 Å². The summed E-state index contributed by atoms with van der Waals surface area (Å²) in [6, 6.07) is 3.36. The largest absolute Gasteiger partial charge is 0.478 e. The van der Waals surface area contributed by atoms with Crippen molar-refractivity contribution < 1.29 is 32.2 Å². The average molecular weight is 594 g/mol. The molecule has 2 aromatic rings. The van der Waals surface area contributed by atoms with Crippen LogP contribution in [-0.4, -0.2) is 60.8 Å². The van der Waals surface area contributed by atoms with E-state index in [0.717, 1.165) is 31.4 Å². The number of nitrogens with one attached hydrogen (secondary N) is 4. The van der Waals surface area contributed by atoms with Crippen LogP contribution in [-0.2, 0) is 15.7 Å². The number of aryl methyl sites for hydroxylation is 1. The van der Waals surface area contributed by atoms with Crippen LogP contribution in [0.3, 0.4) is 0 Å². The number of carbonyl (C=O) groups excluding carboxylic acids is 1. The monoisotopic (exact) mass is 593 g/mol. The molecule has 5 N–H and O–H groups in total. The number of carbonyl (C=O) groups is 1. The lowest BCUT2D eigenvalue weighted by Gasteiger charge is -2.26. The molecule has 230 valence electrons. The third kappa shape index (κ3) is 8.86. The zero-order chi connectivity index (χ0) is 30.9. The third-order valence-electron chi connectivity index (χ3n) is 6.79. The molecule has 4 rings (SSSR count). The Kier molecular flexibility index (Phi) is 11.6. The Labute approximate surface area is 243 Å². The van der Waals surface area contributed by atoms with Gasteiger partial charge in [0.25, 0.3) is 5.91 Å². The van der Waals surface area contributed by atoms with Crippen LogP contribution in [0.4, 0.5) is 28.9 Å². The number of piperidine rings is 1. The minimum absolute atomic E-state index is 0.0331. The van der Waals surface area contributed by atoms with Gasteiger partial charge in [0.15, 0.2) is 5.88 Å². The number of alkyl halides is 3. The van der Waals surface area contributed by atoms with Crippen molar-refractivity contribution in [2.45, 2.75) is 45.7 Å². The zero-order valence-electron chi connectivity index (χ0n) is 24.2. The number of H-pyrrole nitrogens is 1. The van der Waals surface area contributed by atoms with Crippen LogP contribution in [0, 0.1) is 12.7 Å². The molecule has 0 spiro atoms. The summed E-state index contributed by atoms with van der Waals surface area (Å²) in [5.41, 5.74) is -0.131. The van der Waals surface area contributed by atoms with Gasteiger partial charge < -0.3 is 30.8 Å². The molecule has 0 aliphatic carbocycles. The van der Waals surface area contributed by atoms with Gasteiger partial charge in [-0.2, -0.15) is 13.2 Å². The molecule has 0 atom stereocenters. The number of benzene rings is 1. The predicted octanol–water partition coefficient (Wildman–Crippen LogP) is 5.85. The van der Waals surface area contributed by atoms with Gasteiger partial charge >= 0.3 is 6.18 Å². The zero-order valence-corrected chi connectivity index (χ0v) is 24.2. The van der Waals surface area contributed by atoms with Crippen molar-refractivity contribution in [3.63, 3.8) is 0 Å². The summed E-state index contributed by atoms with van der Waals surface area (Å²) < 4.78 is 59.6. The lowest BCUT2D eigenvalue weighted by atomic mass is 10.0. The molecule has 2 aliphatic rings. The van der Waals surface area contributed by atoms with Crippen LogP contribution in [0.5, 0.6) is 0 Å². The van der Waals surface area contributed by atoms with Crippen molar-refractivity contribution in [1.29, 1.82) is 0 Å². The molecule has 8 nitrogen and oxygen atoms in total. The van der Waals surface area contributed by atoms with Crippen LogP contribution in [0.2, 0.25) is 0 Å². The number of aromatic nitrogens is 1. The number of aromatic amines is 1. The maximum Gasteiger partial charge on any atom is 0.418 e. The van der Waals surface area contributed by atoms with Gasteiger partial charge in [-0.05, 0) is 70.1 Å². The highest BCUT2D eigenvalue weighted by Crippen LogP contribution is 2.39. The summed E-state index contributed by atoms with van der Waals surface area (Å²) in [7, 11) is 1.82. The van der Waals surface area contributed by atoms with Gasteiger partial charge in [0, 0.05) is 30.5 Å². The second kappa shape index (κ2) is 14.9. The van der Waals surface area contributed by atoms with Crippen molar-refractivity contribution in [3.8, 4) is 0 Å². The number of aliphatic hydroxyl groups excluding tert-OH is 1. The third-order valence-corrected chi connectivity index (χ3v) is 6.79. The molecule has 2 aliphatic heterocycles. The number of nitrogens with zero attached hydrogens (tertiary/aromatic N) is 1. The van der Waals surface area contributed by atoms with Gasteiger partial charge in [-0.15, -0.1) is 0 Å². The Balaban J connectivity index is 0.000000312. The van der Waals surface area contributed by atoms with Gasteiger partial charge in [-0.25, -0.2) is 4.39 Å². The number of hydrogen-bond donors (Lipinski definition) is 5. The summed E-state index contributed by atoms with van der Waals surface area (Å²) in [4.78, 5) is 17.4. The molecule has 12 heteroatoms. The van der Waals surface area contributed by atoms with E-state index >= 15 is 0 Å². The van der Waals surface area contributed by atoms with Crippen molar-refractivity contribution in [2.24, 2.45) is 0 Å². The number of amides is 1. The highest BCUT2D eigenvalue weighted by Gasteiger charge is 2.35. The smallest absolute Gasteiger partial charge is 0.418 e. The Morgan fingerprint density at radius 2 is 1.93 bits per heavy atom. The van der Waals surface area contributed by atoms with Gasteiger partial charge in [-0.3, -0.25) is 9.69 Å². The van der Waals surface area contributed by atoms with E-state index in [9.17, 15) is 27.5 Å². The van der Waals surface area contributed by atoms with Gasteiger partial charge in [0.05, 0.1) is 34.8 Å². The van der Waals surface area contributed by atoms with Crippen LogP contribution in [0.15, 0.2) is 42.4 Å². The lowest BCUT2D eigenvalue weighted by molar-refractivity contribution is -0.137. The first kappa shape index (κ1) is 32.7. The summed E-state index contributed by atoms with van der Waals surface area (Å²) >= 11 is 0. The van der Waals surface area contributed by atoms with Crippen molar-refractivity contribution in [1.82, 2.24) is 15.2 Å². The molecule has 42 heavy (non-hydrogen) atoms. The minimum Gasteiger partial charge on any atom is -0.478 e. The fraction of sp³-hybridized carbons (Fsp3) is 0.433. The highest BCUT2D eigenvalue weighted by atomic mass is 19.4. The van der Waals surface area contributed by atoms with E-state index in [1.165, 1.54) is 45.3 Å². The number of allylic oxidation sites excluding steroid dienone is 1. The Bertz CT molecular complexity index is 1310. The molecule has 0 radical (unpaired) electrons. The molecular weight excluding hydrogens is 554 g/mol. The molecule has 1 saturated heterocycles. The fourth-order valence-corrected chi connectivity index (χ4v) is 4.68. The van der Waals surface area contributed by atoms with Crippen LogP contribution in [0.1, 0.15) is 55.1 Å². The lowest BCUT2D eigenvalue weighted by Crippen LogP contribution is -2.32. The number of aliphatic hydroxyl groups is 1. The van der Waals surface area contributed by atoms with E-state index in [4.69, 9.17) is 4.74 Å². The van der Waals surface area contributed by atoms with Crippen LogP contribution >= 0.6 is 0 Å². The molecule has 1 amide bonds. The van der Waals surface area contributed by atoms with Gasteiger partial charge in [0.2, 0.25) is 0 Å². The number of rotatable bonds is 10. The van der Waals surface area contributed by atoms with Crippen molar-refractivity contribution in [2.75, 3.05) is 50.5 Å². The molecule has 0 unspecified atom stereocenters. The molecule has 1 fully saturated rings. The van der Waals surface area contributed by atoms with E-state index < -0.39 is 23.5 Å². The second-order valence-electron chi connectivity index (χ2n) is 10.0. The fourth-order valence-electron chi connectivity index (χ4n) is 4.68. The Hall–Kier alpha value is -3.77. The highest BCUT2D eigenvalue weighted by molar-refractivity contribution is 6.35. The first-order valence-electron chi connectivity index (χ1n) is 13.9. The summed E-state index contributed by atoms with van der Waals surface area (Å²) in [5, 5.41) is 17.5. The van der Waals surface area contributed by atoms with Crippen molar-refractivity contribution >= 4 is 28.9 Å². The predicted molar refractivity (Wildman–Crippen MR) is 157 cm³/mol. The summed E-state index contributed by atoms with van der Waals surface area (Å²) in [6.07, 6.45) is 2.85. The normalized spacial score (nSPS) is 16.4. The second-order valence-corrected chi connectivity index (χ2v) is 10.0. The molecule has 0 saturated carbocycles. The number of hydrogen-bond acceptors (Lipinski definition) is 6. The first-order chi connectivity index (χ1) is 20.0. The minimum atomic E-state index is -4.60. The molecule has 0 bridgehead atoms. The molecular formula is C30H39F4N5O3. The Morgan fingerprint density at radius 3 is 2.55 bits per heavy atom. The number of likely N-dealkylation sites (tertiary alicyclic amines) is 1. The standard InChI is InChI=1S/C20H19F4N3O2.C10H20N2O/c1-3-4-11(9-28)26-18-8-16-12(6-15(18)21)13(19(29)27-16)7-17-14(20(22,23)24)5-10(2)25-17;1-10(11-2)13-9-8-12-6-4-3-5-7-12/h4-8,25-26,28H,3,9H2,1-2H3,(H,27,29);11H,1,3-9H2,2H3/b11-4+,13-7-;. The molecule has 1 aromatic heterocycles. The molecule has 1 aromatic carbocycles. The number of fused-ring (bicyclic) bond motifs is 1.